The molecule has 0 amide bonds. The Labute approximate surface area is 190 Å². The van der Waals surface area contributed by atoms with Crippen molar-refractivity contribution in [1.29, 1.82) is 0 Å². The van der Waals surface area contributed by atoms with Crippen LogP contribution in [0.15, 0.2) is 12.2 Å². The van der Waals surface area contributed by atoms with E-state index in [4.69, 9.17) is 5.11 Å². The maximum Gasteiger partial charge on any atom is 1.00 e. The minimum atomic E-state index is -1.23. The molecule has 0 aromatic rings. The molecule has 0 radical (unpaired) electrons. The molecule has 0 spiro atoms. The Balaban J connectivity index is -0.00000312. The van der Waals surface area contributed by atoms with E-state index in [1.807, 2.05) is 13.0 Å². The average Bonchev–Trinajstić information content (AvgIpc) is 2.56. The smallest absolute Gasteiger partial charge is 0.550 e. The molecule has 11 heteroatoms. The quantitative estimate of drug-likeness (QED) is 0.195. The zero-order chi connectivity index (χ0) is 19.9. The molecule has 0 saturated carbocycles. The molecule has 0 saturated heterocycles. The summed E-state index contributed by atoms with van der Waals surface area (Å²) in [6.45, 7) is 3.34. The topological polar surface area (TPSA) is 144 Å². The number of aliphatic hydroxyl groups excluding tert-OH is 1. The second-order valence-electron chi connectivity index (χ2n) is 5.93. The van der Waals surface area contributed by atoms with Gasteiger partial charge in [0.2, 0.25) is 0 Å². The van der Waals surface area contributed by atoms with Crippen molar-refractivity contribution in [1.82, 2.24) is 9.80 Å². The van der Waals surface area contributed by atoms with Crippen LogP contribution >= 0.6 is 0 Å². The van der Waals surface area contributed by atoms with Crippen molar-refractivity contribution in [3.63, 3.8) is 0 Å². The summed E-state index contributed by atoms with van der Waals surface area (Å²) in [6, 6.07) is 0. The van der Waals surface area contributed by atoms with E-state index in [0.717, 1.165) is 6.42 Å². The molecule has 1 atom stereocenters. The molecule has 28 heavy (non-hydrogen) atoms. The van der Waals surface area contributed by atoms with Crippen LogP contribution in [0.4, 0.5) is 0 Å². The summed E-state index contributed by atoms with van der Waals surface area (Å²) >= 11 is 0. The number of rotatable bonds is 16. The number of nitrogens with zero attached hydrogens (tertiary/aromatic N) is 2. The van der Waals surface area contributed by atoms with Gasteiger partial charge in [0.15, 0.2) is 0 Å². The normalized spacial score (nSPS) is 11.9. The van der Waals surface area contributed by atoms with Gasteiger partial charge in [-0.05, 0) is 19.3 Å². The molecular formula is C17H28Li2N2O7. The van der Waals surface area contributed by atoms with Crippen LogP contribution in [0, 0.1) is 0 Å². The molecular weight excluding hydrogens is 358 g/mol. The van der Waals surface area contributed by atoms with Gasteiger partial charge in [0, 0.05) is 51.2 Å². The maximum absolute atomic E-state index is 10.8. The number of aliphatic carboxylic acids is 3. The monoisotopic (exact) mass is 386 g/mol. The number of carboxylic acids is 3. The summed E-state index contributed by atoms with van der Waals surface area (Å²) in [5.41, 5.74) is 0. The number of carbonyl (C=O) groups excluding carboxylic acids is 2. The Morgan fingerprint density at radius 2 is 1.36 bits per heavy atom. The zero-order valence-electron chi connectivity index (χ0n) is 17.1. The molecule has 0 aromatic heterocycles. The number of aliphatic hydroxyl groups is 1. The molecule has 0 heterocycles. The van der Waals surface area contributed by atoms with Gasteiger partial charge in [-0.3, -0.25) is 9.69 Å². The number of carbonyl (C=O) groups is 3. The van der Waals surface area contributed by atoms with Gasteiger partial charge in [-0.1, -0.05) is 19.1 Å². The fraction of sp³-hybridized carbons (Fsp3) is 0.706. The third kappa shape index (κ3) is 20.0. The van der Waals surface area contributed by atoms with Crippen molar-refractivity contribution in [3.8, 4) is 0 Å². The van der Waals surface area contributed by atoms with Gasteiger partial charge >= 0.3 is 43.7 Å². The van der Waals surface area contributed by atoms with E-state index < -0.39 is 24.0 Å². The van der Waals surface area contributed by atoms with Crippen molar-refractivity contribution in [3.05, 3.63) is 12.2 Å². The fourth-order valence-corrected chi connectivity index (χ4v) is 2.28. The summed E-state index contributed by atoms with van der Waals surface area (Å²) in [7, 11) is 0. The van der Waals surface area contributed by atoms with Gasteiger partial charge in [-0.15, -0.1) is 0 Å². The van der Waals surface area contributed by atoms with Gasteiger partial charge in [-0.25, -0.2) is 0 Å². The van der Waals surface area contributed by atoms with Crippen LogP contribution in [0.1, 0.15) is 32.6 Å². The van der Waals surface area contributed by atoms with Crippen molar-refractivity contribution in [2.75, 3.05) is 39.3 Å². The van der Waals surface area contributed by atoms with Crippen molar-refractivity contribution in [2.24, 2.45) is 0 Å². The Morgan fingerprint density at radius 1 is 0.893 bits per heavy atom. The molecule has 0 bridgehead atoms. The minimum absolute atomic E-state index is 0. The number of allylic oxidation sites excluding steroid dienone is 1. The number of carboxylic acid groups (broad SMARTS) is 3. The van der Waals surface area contributed by atoms with Crippen LogP contribution in [0.5, 0.6) is 0 Å². The van der Waals surface area contributed by atoms with E-state index in [1.165, 1.54) is 0 Å². The first-order chi connectivity index (χ1) is 12.2. The van der Waals surface area contributed by atoms with Crippen LogP contribution in [0.25, 0.3) is 0 Å². The van der Waals surface area contributed by atoms with Crippen LogP contribution in [0.3, 0.4) is 0 Å². The van der Waals surface area contributed by atoms with Crippen molar-refractivity contribution in [2.45, 2.75) is 38.7 Å². The maximum atomic E-state index is 10.8. The first-order valence-corrected chi connectivity index (χ1v) is 8.65. The molecule has 0 aromatic carbocycles. The van der Waals surface area contributed by atoms with Gasteiger partial charge in [0.05, 0.1) is 12.5 Å². The molecule has 0 aliphatic rings. The van der Waals surface area contributed by atoms with Crippen molar-refractivity contribution >= 4 is 17.9 Å². The Hall–Kier alpha value is -0.775. The molecule has 0 fully saturated rings. The van der Waals surface area contributed by atoms with Gasteiger partial charge < -0.3 is 34.9 Å². The van der Waals surface area contributed by atoms with E-state index in [1.54, 1.807) is 15.9 Å². The molecule has 0 aliphatic carbocycles. The van der Waals surface area contributed by atoms with Crippen LogP contribution in [-0.2, 0) is 14.4 Å². The third-order valence-corrected chi connectivity index (χ3v) is 3.68. The summed E-state index contributed by atoms with van der Waals surface area (Å²) in [4.78, 5) is 35.4. The van der Waals surface area contributed by atoms with Crippen LogP contribution in [0.2, 0.25) is 0 Å². The Morgan fingerprint density at radius 3 is 1.79 bits per heavy atom. The summed E-state index contributed by atoms with van der Waals surface area (Å²) in [5.74, 6) is -3.42. The third-order valence-electron chi connectivity index (χ3n) is 3.68. The van der Waals surface area contributed by atoms with Crippen molar-refractivity contribution < 1.29 is 72.5 Å². The zero-order valence-corrected chi connectivity index (χ0v) is 17.1. The molecule has 150 valence electrons. The predicted octanol–water partition coefficient (Wildman–Crippen LogP) is -8.32. The predicted molar refractivity (Wildman–Crippen MR) is 89.8 cm³/mol. The van der Waals surface area contributed by atoms with E-state index in [2.05, 4.69) is 0 Å². The van der Waals surface area contributed by atoms with E-state index in [-0.39, 0.29) is 83.2 Å². The number of hydrogen-bond acceptors (Lipinski definition) is 8. The number of hydrogen-bond donors (Lipinski definition) is 2. The SMILES string of the molecule is CC/C=C/C(O)CN(CCC(=O)O)CCN(CCC(=O)[O-])CCC(=O)[O-].[Li+].[Li+]. The standard InChI is InChI=1S/C17H30N2O7.2Li/c1-2-3-4-14(20)13-19(10-7-17(25)26)12-11-18(8-5-15(21)22)9-6-16(23)24;;/h3-4,14,20H,2,5-13H2,1H3,(H,21,22)(H,23,24)(H,25,26);;/q;2*+1/p-2/b4-3+;;. The van der Waals surface area contributed by atoms with Crippen LogP contribution in [-0.4, -0.2) is 83.3 Å². The minimum Gasteiger partial charge on any atom is -0.550 e. The van der Waals surface area contributed by atoms with Gasteiger partial charge in [0.25, 0.3) is 0 Å². The van der Waals surface area contributed by atoms with Gasteiger partial charge in [0.1, 0.15) is 0 Å². The summed E-state index contributed by atoms with van der Waals surface area (Å²) in [6.07, 6.45) is 2.91. The second kappa shape index (κ2) is 19.5. The van der Waals surface area contributed by atoms with Crippen LogP contribution < -0.4 is 47.9 Å². The second-order valence-corrected chi connectivity index (χ2v) is 5.93. The fourth-order valence-electron chi connectivity index (χ4n) is 2.28. The van der Waals surface area contributed by atoms with E-state index in [9.17, 15) is 29.7 Å². The Bertz CT molecular complexity index is 460. The first-order valence-electron chi connectivity index (χ1n) is 8.65. The largest absolute Gasteiger partial charge is 1.00 e. The molecule has 0 rings (SSSR count). The molecule has 0 aliphatic heterocycles. The molecule has 2 N–H and O–H groups in total. The molecule has 1 unspecified atom stereocenters. The first kappa shape index (κ1) is 31.9. The average molecular weight is 386 g/mol. The summed E-state index contributed by atoms with van der Waals surface area (Å²) in [5, 5.41) is 40.1. The van der Waals surface area contributed by atoms with Gasteiger partial charge in [-0.2, -0.15) is 0 Å². The van der Waals surface area contributed by atoms with E-state index in [0.29, 0.717) is 13.1 Å². The van der Waals surface area contributed by atoms with E-state index >= 15 is 0 Å². The summed E-state index contributed by atoms with van der Waals surface area (Å²) < 4.78 is 0. The Kier molecular flexibility index (Phi) is 22.3. The molecule has 9 nitrogen and oxygen atoms in total.